The van der Waals surface area contributed by atoms with Crippen molar-refractivity contribution >= 4 is 5.95 Å². The van der Waals surface area contributed by atoms with Gasteiger partial charge in [-0.2, -0.15) is 0 Å². The van der Waals surface area contributed by atoms with Crippen molar-refractivity contribution in [2.75, 3.05) is 32.2 Å². The predicted octanol–water partition coefficient (Wildman–Crippen LogP) is 2.25. The summed E-state index contributed by atoms with van der Waals surface area (Å²) in [6, 6.07) is 8.23. The number of anilines is 1. The zero-order valence-electron chi connectivity index (χ0n) is 14.2. The third-order valence-corrected chi connectivity index (χ3v) is 4.26. The van der Waals surface area contributed by atoms with Crippen LogP contribution in [0.3, 0.4) is 0 Å². The number of rotatable bonds is 6. The lowest BCUT2D eigenvalue weighted by Crippen LogP contribution is -2.46. The summed E-state index contributed by atoms with van der Waals surface area (Å²) < 4.78 is 10.7. The van der Waals surface area contributed by atoms with E-state index in [9.17, 15) is 0 Å². The predicted molar refractivity (Wildman–Crippen MR) is 93.7 cm³/mol. The Kier molecular flexibility index (Phi) is 5.48. The molecule has 1 aliphatic heterocycles. The summed E-state index contributed by atoms with van der Waals surface area (Å²) in [6.07, 6.45) is 5.88. The molecule has 1 aliphatic rings. The van der Waals surface area contributed by atoms with Gasteiger partial charge in [0.1, 0.15) is 11.5 Å². The van der Waals surface area contributed by atoms with Gasteiger partial charge in [0.05, 0.1) is 14.2 Å². The van der Waals surface area contributed by atoms with Crippen LogP contribution in [-0.2, 0) is 6.54 Å². The van der Waals surface area contributed by atoms with E-state index < -0.39 is 0 Å². The third kappa shape index (κ3) is 4.14. The lowest BCUT2D eigenvalue weighted by Gasteiger charge is -2.33. The van der Waals surface area contributed by atoms with E-state index in [1.807, 2.05) is 24.3 Å². The molecule has 6 nitrogen and oxygen atoms in total. The summed E-state index contributed by atoms with van der Waals surface area (Å²) >= 11 is 0. The molecule has 24 heavy (non-hydrogen) atoms. The normalized spacial score (nSPS) is 17.6. The van der Waals surface area contributed by atoms with Gasteiger partial charge in [-0.15, -0.1) is 0 Å². The first-order valence-electron chi connectivity index (χ1n) is 8.26. The molecule has 0 bridgehead atoms. The summed E-state index contributed by atoms with van der Waals surface area (Å²) in [6.45, 7) is 2.71. The van der Waals surface area contributed by atoms with Gasteiger partial charge in [0.2, 0.25) is 5.95 Å². The van der Waals surface area contributed by atoms with Crippen molar-refractivity contribution in [3.63, 3.8) is 0 Å². The van der Waals surface area contributed by atoms with E-state index >= 15 is 0 Å². The molecular weight excluding hydrogens is 304 g/mol. The van der Waals surface area contributed by atoms with Gasteiger partial charge < -0.3 is 19.7 Å². The number of aromatic nitrogens is 2. The number of methoxy groups -OCH3 is 2. The molecule has 2 heterocycles. The van der Waals surface area contributed by atoms with Crippen LogP contribution >= 0.6 is 0 Å². The van der Waals surface area contributed by atoms with Crippen molar-refractivity contribution in [2.45, 2.75) is 25.4 Å². The molecule has 0 aliphatic carbocycles. The van der Waals surface area contributed by atoms with Crippen molar-refractivity contribution < 1.29 is 9.47 Å². The summed E-state index contributed by atoms with van der Waals surface area (Å²) in [5, 5.41) is 3.63. The molecule has 0 radical (unpaired) electrons. The fourth-order valence-corrected chi connectivity index (χ4v) is 3.01. The standard InChI is InChI=1S/C18H24N4O2/c1-23-16-9-14(10-17(11-16)24-2)12-21-15-5-3-8-22(13-15)18-19-6-4-7-20-18/h4,6-7,9-11,15,21H,3,5,8,12-13H2,1-2H3/t15-/m0/s1. The van der Waals surface area contributed by atoms with E-state index in [2.05, 4.69) is 20.2 Å². The molecule has 6 heteroatoms. The molecule has 0 unspecified atom stereocenters. The molecule has 0 saturated carbocycles. The van der Waals surface area contributed by atoms with Gasteiger partial charge in [-0.05, 0) is 36.6 Å². The Morgan fingerprint density at radius 1 is 1.12 bits per heavy atom. The maximum atomic E-state index is 5.33. The molecule has 0 amide bonds. The van der Waals surface area contributed by atoms with Gasteiger partial charge in [0.15, 0.2) is 0 Å². The second-order valence-corrected chi connectivity index (χ2v) is 5.94. The Hall–Kier alpha value is -2.34. The highest BCUT2D eigenvalue weighted by Gasteiger charge is 2.21. The SMILES string of the molecule is COc1cc(CN[C@H]2CCCN(c3ncccn3)C2)cc(OC)c1. The average molecular weight is 328 g/mol. The highest BCUT2D eigenvalue weighted by Crippen LogP contribution is 2.23. The number of piperidine rings is 1. The van der Waals surface area contributed by atoms with Crippen molar-refractivity contribution in [1.82, 2.24) is 15.3 Å². The van der Waals surface area contributed by atoms with Crippen LogP contribution in [0.4, 0.5) is 5.95 Å². The number of nitrogens with one attached hydrogen (secondary N) is 1. The highest BCUT2D eigenvalue weighted by molar-refractivity contribution is 5.38. The Bertz CT molecular complexity index is 628. The topological polar surface area (TPSA) is 59.5 Å². The fraction of sp³-hybridized carbons (Fsp3) is 0.444. The van der Waals surface area contributed by atoms with Gasteiger partial charge in [-0.3, -0.25) is 0 Å². The molecule has 128 valence electrons. The second kappa shape index (κ2) is 7.97. The first-order valence-corrected chi connectivity index (χ1v) is 8.26. The minimum absolute atomic E-state index is 0.416. The van der Waals surface area contributed by atoms with Crippen molar-refractivity contribution in [1.29, 1.82) is 0 Å². The first-order chi connectivity index (χ1) is 11.8. The molecule has 3 rings (SSSR count). The average Bonchev–Trinajstić information content (AvgIpc) is 2.67. The van der Waals surface area contributed by atoms with Gasteiger partial charge in [-0.1, -0.05) is 0 Å². The lowest BCUT2D eigenvalue weighted by molar-refractivity contribution is 0.390. The molecule has 1 saturated heterocycles. The molecule has 1 fully saturated rings. The van der Waals surface area contributed by atoms with Crippen LogP contribution in [-0.4, -0.2) is 43.3 Å². The minimum Gasteiger partial charge on any atom is -0.497 e. The van der Waals surface area contributed by atoms with Crippen LogP contribution in [0.1, 0.15) is 18.4 Å². The number of hydrogen-bond donors (Lipinski definition) is 1. The molecule has 1 aromatic heterocycles. The van der Waals surface area contributed by atoms with E-state index in [0.29, 0.717) is 6.04 Å². The van der Waals surface area contributed by atoms with Crippen LogP contribution < -0.4 is 19.7 Å². The molecule has 1 atom stereocenters. The van der Waals surface area contributed by atoms with E-state index in [0.717, 1.165) is 55.5 Å². The molecular formula is C18H24N4O2. The molecule has 1 N–H and O–H groups in total. The van der Waals surface area contributed by atoms with E-state index in [4.69, 9.17) is 9.47 Å². The number of nitrogens with zero attached hydrogens (tertiary/aromatic N) is 3. The fourth-order valence-electron chi connectivity index (χ4n) is 3.01. The summed E-state index contributed by atoms with van der Waals surface area (Å²) in [4.78, 5) is 11.0. The molecule has 2 aromatic rings. The number of hydrogen-bond acceptors (Lipinski definition) is 6. The zero-order valence-corrected chi connectivity index (χ0v) is 14.2. The quantitative estimate of drug-likeness (QED) is 0.878. The Labute approximate surface area is 142 Å². The third-order valence-electron chi connectivity index (χ3n) is 4.26. The second-order valence-electron chi connectivity index (χ2n) is 5.94. The van der Waals surface area contributed by atoms with Crippen LogP contribution in [0, 0.1) is 0 Å². The molecule has 0 spiro atoms. The van der Waals surface area contributed by atoms with Gasteiger partial charge in [0, 0.05) is 44.1 Å². The van der Waals surface area contributed by atoms with Crippen molar-refractivity contribution in [3.8, 4) is 11.5 Å². The monoisotopic (exact) mass is 328 g/mol. The van der Waals surface area contributed by atoms with Crippen LogP contribution in [0.2, 0.25) is 0 Å². The Balaban J connectivity index is 1.60. The first kappa shape index (κ1) is 16.5. The lowest BCUT2D eigenvalue weighted by atomic mass is 10.1. The van der Waals surface area contributed by atoms with E-state index in [1.165, 1.54) is 0 Å². The Morgan fingerprint density at radius 3 is 2.50 bits per heavy atom. The van der Waals surface area contributed by atoms with Crippen LogP contribution in [0.25, 0.3) is 0 Å². The smallest absolute Gasteiger partial charge is 0.225 e. The molecule has 1 aromatic carbocycles. The highest BCUT2D eigenvalue weighted by atomic mass is 16.5. The largest absolute Gasteiger partial charge is 0.497 e. The number of benzene rings is 1. The van der Waals surface area contributed by atoms with Gasteiger partial charge in [0.25, 0.3) is 0 Å². The maximum absolute atomic E-state index is 5.33. The number of ether oxygens (including phenoxy) is 2. The van der Waals surface area contributed by atoms with Gasteiger partial charge in [-0.25, -0.2) is 9.97 Å². The van der Waals surface area contributed by atoms with Gasteiger partial charge >= 0.3 is 0 Å². The zero-order chi connectivity index (χ0) is 16.8. The van der Waals surface area contributed by atoms with Crippen molar-refractivity contribution in [3.05, 3.63) is 42.2 Å². The maximum Gasteiger partial charge on any atom is 0.225 e. The van der Waals surface area contributed by atoms with Crippen LogP contribution in [0.15, 0.2) is 36.7 Å². The minimum atomic E-state index is 0.416. The van der Waals surface area contributed by atoms with E-state index in [-0.39, 0.29) is 0 Å². The summed E-state index contributed by atoms with van der Waals surface area (Å²) in [5.74, 6) is 2.44. The van der Waals surface area contributed by atoms with Crippen molar-refractivity contribution in [2.24, 2.45) is 0 Å². The Morgan fingerprint density at radius 2 is 1.83 bits per heavy atom. The summed E-state index contributed by atoms with van der Waals surface area (Å²) in [5.41, 5.74) is 1.15. The van der Waals surface area contributed by atoms with Crippen LogP contribution in [0.5, 0.6) is 11.5 Å². The summed E-state index contributed by atoms with van der Waals surface area (Å²) in [7, 11) is 3.34. The van der Waals surface area contributed by atoms with E-state index in [1.54, 1.807) is 26.6 Å².